The molecule has 0 unspecified atom stereocenters. The summed E-state index contributed by atoms with van der Waals surface area (Å²) in [6, 6.07) is 6.44. The molecule has 1 aromatic carbocycles. The molecule has 94 valence electrons. The normalized spacial score (nSPS) is 10.3. The molecule has 1 heterocycles. The first-order valence-electron chi connectivity index (χ1n) is 5.58. The van der Waals surface area contributed by atoms with E-state index in [0.717, 1.165) is 17.1 Å². The summed E-state index contributed by atoms with van der Waals surface area (Å²) in [6.45, 7) is 2.42. The fourth-order valence-electron chi connectivity index (χ4n) is 1.45. The average molecular weight is 263 g/mol. The molecule has 0 saturated heterocycles. The van der Waals surface area contributed by atoms with Gasteiger partial charge in [-0.2, -0.15) is 0 Å². The number of aromatic nitrogens is 1. The first-order valence-corrected chi connectivity index (χ1v) is 6.46. The van der Waals surface area contributed by atoms with Gasteiger partial charge in [-0.05, 0) is 24.6 Å². The van der Waals surface area contributed by atoms with Crippen LogP contribution in [0.25, 0.3) is 0 Å². The van der Waals surface area contributed by atoms with Crippen LogP contribution in [0.5, 0.6) is 5.75 Å². The van der Waals surface area contributed by atoms with Crippen LogP contribution in [0.1, 0.15) is 28.0 Å². The van der Waals surface area contributed by atoms with Crippen LogP contribution in [0.2, 0.25) is 0 Å². The van der Waals surface area contributed by atoms with Crippen LogP contribution in [0.3, 0.4) is 0 Å². The Morgan fingerprint density at radius 3 is 3.00 bits per heavy atom. The van der Waals surface area contributed by atoms with Crippen molar-refractivity contribution in [1.82, 2.24) is 4.98 Å². The van der Waals surface area contributed by atoms with Crippen molar-refractivity contribution in [3.05, 3.63) is 45.9 Å². The lowest BCUT2D eigenvalue weighted by molar-refractivity contribution is 0.0696. The van der Waals surface area contributed by atoms with Gasteiger partial charge >= 0.3 is 5.97 Å². The molecule has 0 spiro atoms. The Morgan fingerprint density at radius 2 is 2.33 bits per heavy atom. The molecule has 2 aromatic rings. The molecule has 5 heteroatoms. The summed E-state index contributed by atoms with van der Waals surface area (Å²) in [5.74, 6) is -0.414. The van der Waals surface area contributed by atoms with Crippen molar-refractivity contribution in [1.29, 1.82) is 0 Å². The van der Waals surface area contributed by atoms with Gasteiger partial charge in [0.15, 0.2) is 0 Å². The summed E-state index contributed by atoms with van der Waals surface area (Å²) < 4.78 is 5.52. The molecule has 0 aliphatic carbocycles. The molecule has 2 rings (SSSR count). The third-order valence-corrected chi connectivity index (χ3v) is 3.41. The number of aromatic carboxylic acids is 1. The van der Waals surface area contributed by atoms with E-state index < -0.39 is 5.97 Å². The van der Waals surface area contributed by atoms with Gasteiger partial charge in [-0.25, -0.2) is 9.78 Å². The van der Waals surface area contributed by atoms with Crippen molar-refractivity contribution < 1.29 is 14.6 Å². The third-order valence-electron chi connectivity index (χ3n) is 2.37. The first-order chi connectivity index (χ1) is 8.69. The van der Waals surface area contributed by atoms with Gasteiger partial charge in [0, 0.05) is 5.38 Å². The maximum Gasteiger partial charge on any atom is 0.335 e. The summed E-state index contributed by atoms with van der Waals surface area (Å²) >= 11 is 1.61. The summed E-state index contributed by atoms with van der Waals surface area (Å²) in [5.41, 5.74) is 1.10. The smallest absolute Gasteiger partial charge is 0.335 e. The van der Waals surface area contributed by atoms with Gasteiger partial charge in [0.25, 0.3) is 0 Å². The molecule has 4 nitrogen and oxygen atoms in total. The average Bonchev–Trinajstić information content (AvgIpc) is 2.84. The molecular weight excluding hydrogens is 250 g/mol. The van der Waals surface area contributed by atoms with Gasteiger partial charge in [-0.15, -0.1) is 11.3 Å². The monoisotopic (exact) mass is 263 g/mol. The van der Waals surface area contributed by atoms with Crippen molar-refractivity contribution in [3.8, 4) is 5.75 Å². The Kier molecular flexibility index (Phi) is 3.94. The first kappa shape index (κ1) is 12.6. The van der Waals surface area contributed by atoms with E-state index in [-0.39, 0.29) is 5.56 Å². The Morgan fingerprint density at radius 1 is 1.50 bits per heavy atom. The molecule has 0 radical (unpaired) electrons. The van der Waals surface area contributed by atoms with Gasteiger partial charge in [-0.3, -0.25) is 0 Å². The number of rotatable bonds is 5. The van der Waals surface area contributed by atoms with E-state index in [4.69, 9.17) is 9.84 Å². The lowest BCUT2D eigenvalue weighted by Gasteiger charge is -2.04. The SMILES string of the molecule is CCc1nc(COc2cccc(C(=O)O)c2)cs1. The number of hydrogen-bond donors (Lipinski definition) is 1. The fraction of sp³-hybridized carbons (Fsp3) is 0.231. The lowest BCUT2D eigenvalue weighted by atomic mass is 10.2. The number of ether oxygens (including phenoxy) is 1. The maximum absolute atomic E-state index is 10.8. The second-order valence-corrected chi connectivity index (χ2v) is 4.65. The summed E-state index contributed by atoms with van der Waals surface area (Å²) in [4.78, 5) is 15.2. The Bertz CT molecular complexity index is 551. The zero-order chi connectivity index (χ0) is 13.0. The predicted octanol–water partition coefficient (Wildman–Crippen LogP) is 2.98. The molecule has 1 aromatic heterocycles. The number of nitrogens with zero attached hydrogens (tertiary/aromatic N) is 1. The quantitative estimate of drug-likeness (QED) is 0.901. The van der Waals surface area contributed by atoms with Crippen molar-refractivity contribution in [2.75, 3.05) is 0 Å². The molecule has 0 aliphatic rings. The van der Waals surface area contributed by atoms with Crippen LogP contribution in [-0.2, 0) is 13.0 Å². The largest absolute Gasteiger partial charge is 0.487 e. The van der Waals surface area contributed by atoms with Gasteiger partial charge in [0.05, 0.1) is 16.3 Å². The van der Waals surface area contributed by atoms with E-state index in [1.54, 1.807) is 23.5 Å². The Hall–Kier alpha value is -1.88. The van der Waals surface area contributed by atoms with E-state index in [1.165, 1.54) is 12.1 Å². The van der Waals surface area contributed by atoms with E-state index >= 15 is 0 Å². The van der Waals surface area contributed by atoms with Gasteiger partial charge < -0.3 is 9.84 Å². The third kappa shape index (κ3) is 3.07. The van der Waals surface area contributed by atoms with Crippen molar-refractivity contribution >= 4 is 17.3 Å². The Labute approximate surface area is 109 Å². The zero-order valence-electron chi connectivity index (χ0n) is 9.92. The molecular formula is C13H13NO3S. The highest BCUT2D eigenvalue weighted by molar-refractivity contribution is 7.09. The van der Waals surface area contributed by atoms with Crippen LogP contribution in [0, 0.1) is 0 Å². The minimum absolute atomic E-state index is 0.222. The van der Waals surface area contributed by atoms with Crippen molar-refractivity contribution in [3.63, 3.8) is 0 Å². The van der Waals surface area contributed by atoms with Crippen LogP contribution in [0.15, 0.2) is 29.6 Å². The molecule has 0 amide bonds. The fourth-order valence-corrected chi connectivity index (χ4v) is 2.18. The topological polar surface area (TPSA) is 59.4 Å². The van der Waals surface area contributed by atoms with E-state index in [2.05, 4.69) is 11.9 Å². The number of hydrogen-bond acceptors (Lipinski definition) is 4. The van der Waals surface area contributed by atoms with E-state index in [1.807, 2.05) is 5.38 Å². The lowest BCUT2D eigenvalue weighted by Crippen LogP contribution is -1.99. The van der Waals surface area contributed by atoms with E-state index in [9.17, 15) is 4.79 Å². The molecule has 0 fully saturated rings. The summed E-state index contributed by atoms with van der Waals surface area (Å²) in [6.07, 6.45) is 0.916. The summed E-state index contributed by atoms with van der Waals surface area (Å²) in [7, 11) is 0. The number of carboxylic acids is 1. The molecule has 18 heavy (non-hydrogen) atoms. The minimum Gasteiger partial charge on any atom is -0.487 e. The standard InChI is InChI=1S/C13H13NO3S/c1-2-12-14-10(8-18-12)7-17-11-5-3-4-9(6-11)13(15)16/h3-6,8H,2,7H2,1H3,(H,15,16). The maximum atomic E-state index is 10.8. The number of thiazole rings is 1. The minimum atomic E-state index is -0.956. The van der Waals surface area contributed by atoms with Crippen LogP contribution in [-0.4, -0.2) is 16.1 Å². The van der Waals surface area contributed by atoms with Gasteiger partial charge in [-0.1, -0.05) is 13.0 Å². The number of carbonyl (C=O) groups is 1. The van der Waals surface area contributed by atoms with Crippen LogP contribution < -0.4 is 4.74 Å². The van der Waals surface area contributed by atoms with Gasteiger partial charge in [0.2, 0.25) is 0 Å². The second-order valence-electron chi connectivity index (χ2n) is 3.71. The van der Waals surface area contributed by atoms with Crippen LogP contribution in [0.4, 0.5) is 0 Å². The van der Waals surface area contributed by atoms with Crippen molar-refractivity contribution in [2.45, 2.75) is 20.0 Å². The number of aryl methyl sites for hydroxylation is 1. The summed E-state index contributed by atoms with van der Waals surface area (Å²) in [5, 5.41) is 11.9. The van der Waals surface area contributed by atoms with Crippen molar-refractivity contribution in [2.24, 2.45) is 0 Å². The number of carboxylic acid groups (broad SMARTS) is 1. The number of benzene rings is 1. The molecule has 1 N–H and O–H groups in total. The molecule has 0 atom stereocenters. The predicted molar refractivity (Wildman–Crippen MR) is 69.2 cm³/mol. The van der Waals surface area contributed by atoms with E-state index in [0.29, 0.717) is 12.4 Å². The second kappa shape index (κ2) is 5.64. The molecule has 0 saturated carbocycles. The van der Waals surface area contributed by atoms with Gasteiger partial charge in [0.1, 0.15) is 12.4 Å². The highest BCUT2D eigenvalue weighted by Gasteiger charge is 2.05. The molecule has 0 aliphatic heterocycles. The van der Waals surface area contributed by atoms with Crippen LogP contribution >= 0.6 is 11.3 Å². The molecule has 0 bridgehead atoms. The Balaban J connectivity index is 2.01. The highest BCUT2D eigenvalue weighted by atomic mass is 32.1. The highest BCUT2D eigenvalue weighted by Crippen LogP contribution is 2.16. The zero-order valence-corrected chi connectivity index (χ0v) is 10.7.